The summed E-state index contributed by atoms with van der Waals surface area (Å²) in [5, 5.41) is 0.0889. The number of hydrogen-bond donors (Lipinski definition) is 0. The van der Waals surface area contributed by atoms with Gasteiger partial charge in [-0.1, -0.05) is 0 Å². The van der Waals surface area contributed by atoms with E-state index >= 15 is 0 Å². The van der Waals surface area contributed by atoms with E-state index in [9.17, 15) is 4.39 Å². The minimum Gasteiger partial charge on any atom is -0.357 e. The van der Waals surface area contributed by atoms with Gasteiger partial charge >= 0.3 is 0 Å². The summed E-state index contributed by atoms with van der Waals surface area (Å²) < 4.78 is 14.1. The molecule has 0 bridgehead atoms. The fourth-order valence-electron chi connectivity index (χ4n) is 1.17. The van der Waals surface area contributed by atoms with Gasteiger partial charge in [-0.05, 0) is 35.3 Å². The smallest absolute Gasteiger partial charge is 0.166 e. The van der Waals surface area contributed by atoms with Gasteiger partial charge in [0.1, 0.15) is 0 Å². The number of hydrogen-bond acceptors (Lipinski definition) is 2. The van der Waals surface area contributed by atoms with Crippen molar-refractivity contribution in [2.75, 3.05) is 18.5 Å². The molecule has 0 fully saturated rings. The lowest BCUT2D eigenvalue weighted by Gasteiger charge is -2.19. The van der Waals surface area contributed by atoms with Crippen molar-refractivity contribution < 1.29 is 4.39 Å². The minimum absolute atomic E-state index is 0.0889. The van der Waals surface area contributed by atoms with E-state index in [1.807, 2.05) is 6.92 Å². The van der Waals surface area contributed by atoms with Crippen molar-refractivity contribution in [3.05, 3.63) is 22.6 Å². The first kappa shape index (κ1) is 12.7. The van der Waals surface area contributed by atoms with E-state index in [-0.39, 0.29) is 11.2 Å². The molecule has 0 saturated carbocycles. The summed E-state index contributed by atoms with van der Waals surface area (Å²) in [4.78, 5) is 5.78. The molecule has 5 heteroatoms. The third kappa shape index (κ3) is 3.95. The van der Waals surface area contributed by atoms with Crippen LogP contribution in [0, 0.1) is 5.82 Å². The second kappa shape index (κ2) is 5.66. The van der Waals surface area contributed by atoms with Crippen LogP contribution in [0.15, 0.2) is 16.7 Å². The number of aromatic nitrogens is 1. The fraction of sp³-hybridized carbons (Fsp3) is 0.500. The average Bonchev–Trinajstić information content (AvgIpc) is 2.14. The van der Waals surface area contributed by atoms with Crippen LogP contribution in [-0.2, 0) is 0 Å². The lowest BCUT2D eigenvalue weighted by molar-refractivity contribution is 0.611. The number of halogens is 3. The second-order valence-electron chi connectivity index (χ2n) is 3.45. The molecule has 1 atom stereocenters. The summed E-state index contributed by atoms with van der Waals surface area (Å²) in [5.41, 5.74) is 0. The van der Waals surface area contributed by atoms with Gasteiger partial charge in [-0.25, -0.2) is 9.37 Å². The normalized spacial score (nSPS) is 12.6. The molecule has 2 nitrogen and oxygen atoms in total. The van der Waals surface area contributed by atoms with Crippen LogP contribution in [0.4, 0.5) is 10.2 Å². The van der Waals surface area contributed by atoms with Crippen LogP contribution in [0.5, 0.6) is 0 Å². The molecule has 15 heavy (non-hydrogen) atoms. The zero-order valence-corrected chi connectivity index (χ0v) is 11.0. The van der Waals surface area contributed by atoms with E-state index in [1.165, 1.54) is 6.07 Å². The van der Waals surface area contributed by atoms with Crippen molar-refractivity contribution in [2.45, 2.75) is 18.7 Å². The molecule has 1 heterocycles. The Bertz CT molecular complexity index is 333. The summed E-state index contributed by atoms with van der Waals surface area (Å²) in [6.45, 7) is 2.61. The Kier molecular flexibility index (Phi) is 4.80. The maximum absolute atomic E-state index is 13.5. The maximum Gasteiger partial charge on any atom is 0.166 e. The monoisotopic (exact) mass is 294 g/mol. The van der Waals surface area contributed by atoms with Gasteiger partial charge < -0.3 is 4.90 Å². The Hall–Kier alpha value is -0.350. The van der Waals surface area contributed by atoms with Crippen molar-refractivity contribution in [3.8, 4) is 0 Å². The van der Waals surface area contributed by atoms with Crippen molar-refractivity contribution in [3.63, 3.8) is 0 Å². The number of rotatable bonds is 4. The van der Waals surface area contributed by atoms with Gasteiger partial charge in [0.2, 0.25) is 0 Å². The van der Waals surface area contributed by atoms with E-state index in [4.69, 9.17) is 11.6 Å². The Balaban J connectivity index is 2.69. The Morgan fingerprint density at radius 3 is 2.87 bits per heavy atom. The highest BCUT2D eigenvalue weighted by Crippen LogP contribution is 2.19. The Labute approximate surface area is 103 Å². The summed E-state index contributed by atoms with van der Waals surface area (Å²) in [5.74, 6) is 0.0321. The molecule has 0 N–H and O–H groups in total. The zero-order chi connectivity index (χ0) is 11.4. The molecule has 1 aromatic rings. The standard InChI is InChI=1S/C10H13BrClFN2/c1-7(12)3-4-15(2)10-9(13)5-8(11)6-14-10/h5-7H,3-4H2,1-2H3. The molecule has 0 aromatic carbocycles. The highest BCUT2D eigenvalue weighted by Gasteiger charge is 2.10. The minimum atomic E-state index is -0.325. The number of anilines is 1. The summed E-state index contributed by atoms with van der Waals surface area (Å²) in [6.07, 6.45) is 2.38. The molecule has 84 valence electrons. The lowest BCUT2D eigenvalue weighted by atomic mass is 10.3. The van der Waals surface area contributed by atoms with E-state index in [0.717, 1.165) is 6.42 Å². The van der Waals surface area contributed by atoms with Gasteiger partial charge in [0.25, 0.3) is 0 Å². The first-order valence-electron chi connectivity index (χ1n) is 4.67. The predicted molar refractivity (Wildman–Crippen MR) is 65.1 cm³/mol. The van der Waals surface area contributed by atoms with Crippen molar-refractivity contribution in [1.29, 1.82) is 0 Å². The highest BCUT2D eigenvalue weighted by atomic mass is 79.9. The van der Waals surface area contributed by atoms with Crippen molar-refractivity contribution in [2.24, 2.45) is 0 Å². The molecule has 0 saturated heterocycles. The topological polar surface area (TPSA) is 16.1 Å². The third-order valence-electron chi connectivity index (χ3n) is 2.01. The quantitative estimate of drug-likeness (QED) is 0.791. The lowest BCUT2D eigenvalue weighted by Crippen LogP contribution is -2.22. The van der Waals surface area contributed by atoms with Crippen LogP contribution >= 0.6 is 27.5 Å². The van der Waals surface area contributed by atoms with Crippen LogP contribution < -0.4 is 4.90 Å². The van der Waals surface area contributed by atoms with Crippen molar-refractivity contribution >= 4 is 33.3 Å². The second-order valence-corrected chi connectivity index (χ2v) is 5.11. The maximum atomic E-state index is 13.5. The van der Waals surface area contributed by atoms with Crippen LogP contribution in [0.1, 0.15) is 13.3 Å². The van der Waals surface area contributed by atoms with Gasteiger partial charge in [0.05, 0.1) is 0 Å². The van der Waals surface area contributed by atoms with E-state index < -0.39 is 0 Å². The molecule has 0 aliphatic rings. The molecule has 0 aliphatic carbocycles. The molecule has 1 aromatic heterocycles. The van der Waals surface area contributed by atoms with E-state index in [2.05, 4.69) is 20.9 Å². The molecule has 0 spiro atoms. The Morgan fingerprint density at radius 2 is 2.33 bits per heavy atom. The van der Waals surface area contributed by atoms with E-state index in [1.54, 1.807) is 18.1 Å². The summed E-state index contributed by atoms with van der Waals surface area (Å²) in [7, 11) is 1.80. The number of pyridine rings is 1. The third-order valence-corrected chi connectivity index (χ3v) is 2.66. The average molecular weight is 296 g/mol. The largest absolute Gasteiger partial charge is 0.357 e. The molecule has 0 amide bonds. The van der Waals surface area contributed by atoms with Crippen LogP contribution in [0.2, 0.25) is 0 Å². The molecule has 0 radical (unpaired) electrons. The number of alkyl halides is 1. The highest BCUT2D eigenvalue weighted by molar-refractivity contribution is 9.10. The van der Waals surface area contributed by atoms with E-state index in [0.29, 0.717) is 16.8 Å². The molecular weight excluding hydrogens is 282 g/mol. The Morgan fingerprint density at radius 1 is 1.67 bits per heavy atom. The number of nitrogens with zero attached hydrogens (tertiary/aromatic N) is 2. The van der Waals surface area contributed by atoms with Crippen molar-refractivity contribution in [1.82, 2.24) is 4.98 Å². The molecule has 1 unspecified atom stereocenters. The van der Waals surface area contributed by atoms with Gasteiger partial charge in [-0.15, -0.1) is 11.6 Å². The molecule has 0 aliphatic heterocycles. The van der Waals surface area contributed by atoms with Gasteiger partial charge in [0, 0.05) is 29.6 Å². The van der Waals surface area contributed by atoms with Crippen LogP contribution in [0.3, 0.4) is 0 Å². The van der Waals surface area contributed by atoms with Gasteiger partial charge in [-0.3, -0.25) is 0 Å². The predicted octanol–water partition coefficient (Wildman–Crippen LogP) is 3.44. The molecule has 1 rings (SSSR count). The molecular formula is C10H13BrClFN2. The summed E-state index contributed by atoms with van der Waals surface area (Å²) >= 11 is 8.99. The fourth-order valence-corrected chi connectivity index (χ4v) is 1.57. The first-order chi connectivity index (χ1) is 7.00. The van der Waals surface area contributed by atoms with Gasteiger partial charge in [-0.2, -0.15) is 0 Å². The zero-order valence-electron chi connectivity index (χ0n) is 8.67. The SMILES string of the molecule is CC(Cl)CCN(C)c1ncc(Br)cc1F. The van der Waals surface area contributed by atoms with Crippen LogP contribution in [-0.4, -0.2) is 24.0 Å². The van der Waals surface area contributed by atoms with Gasteiger partial charge in [0.15, 0.2) is 11.6 Å². The first-order valence-corrected chi connectivity index (χ1v) is 5.90. The van der Waals surface area contributed by atoms with Crippen LogP contribution in [0.25, 0.3) is 0 Å². The summed E-state index contributed by atoms with van der Waals surface area (Å²) in [6, 6.07) is 1.41.